The number of tetrazole rings is 1. The van der Waals surface area contributed by atoms with Gasteiger partial charge in [-0.05, 0) is 31.2 Å². The summed E-state index contributed by atoms with van der Waals surface area (Å²) < 4.78 is 0. The van der Waals surface area contributed by atoms with E-state index in [0.29, 0.717) is 24.5 Å². The first-order valence-corrected chi connectivity index (χ1v) is 9.20. The van der Waals surface area contributed by atoms with Crippen molar-refractivity contribution in [3.63, 3.8) is 0 Å². The van der Waals surface area contributed by atoms with Gasteiger partial charge in [-0.1, -0.05) is 12.1 Å². The van der Waals surface area contributed by atoms with Gasteiger partial charge in [-0.25, -0.2) is 9.97 Å². The van der Waals surface area contributed by atoms with E-state index in [4.69, 9.17) is 0 Å². The lowest BCUT2D eigenvalue weighted by Gasteiger charge is -2.36. The first kappa shape index (κ1) is 18.0. The lowest BCUT2D eigenvalue weighted by atomic mass is 10.1. The second-order valence-electron chi connectivity index (χ2n) is 6.87. The van der Waals surface area contributed by atoms with Crippen LogP contribution in [-0.2, 0) is 7.05 Å². The molecule has 1 aromatic carbocycles. The van der Waals surface area contributed by atoms with Gasteiger partial charge in [0.2, 0.25) is 5.82 Å². The van der Waals surface area contributed by atoms with Gasteiger partial charge in [0.25, 0.3) is 5.91 Å². The second-order valence-corrected chi connectivity index (χ2v) is 6.87. The quantitative estimate of drug-likeness (QED) is 0.677. The topological polar surface area (TPSA) is 92.9 Å². The third-order valence-electron chi connectivity index (χ3n) is 5.07. The van der Waals surface area contributed by atoms with Crippen LogP contribution in [0.15, 0.2) is 30.6 Å². The summed E-state index contributed by atoms with van der Waals surface area (Å²) in [5, 5.41) is 12.0. The van der Waals surface area contributed by atoms with Crippen LogP contribution in [0.25, 0.3) is 11.4 Å². The minimum Gasteiger partial charge on any atom is -0.353 e. The van der Waals surface area contributed by atoms with Crippen LogP contribution in [0.4, 0.5) is 5.82 Å². The van der Waals surface area contributed by atoms with E-state index in [0.717, 1.165) is 35.7 Å². The van der Waals surface area contributed by atoms with Crippen molar-refractivity contribution in [3.8, 4) is 11.4 Å². The molecule has 0 saturated carbocycles. The number of aryl methyl sites for hydroxylation is 2. The molecule has 1 aliphatic heterocycles. The monoisotopic (exact) mass is 378 g/mol. The lowest BCUT2D eigenvalue weighted by Crippen LogP contribution is -2.49. The number of hydrogen-bond donors (Lipinski definition) is 0. The molecule has 28 heavy (non-hydrogen) atoms. The highest BCUT2D eigenvalue weighted by Crippen LogP contribution is 2.21. The molecule has 144 valence electrons. The Labute approximate surface area is 163 Å². The number of carbonyl (C=O) groups excluding carboxylic acids is 1. The fourth-order valence-corrected chi connectivity index (χ4v) is 3.31. The number of hydrogen-bond acceptors (Lipinski definition) is 7. The average Bonchev–Trinajstić information content (AvgIpc) is 3.16. The van der Waals surface area contributed by atoms with E-state index in [-0.39, 0.29) is 5.91 Å². The van der Waals surface area contributed by atoms with Crippen LogP contribution in [-0.4, -0.2) is 67.2 Å². The molecular formula is C19H22N8O. The number of aromatic nitrogens is 6. The lowest BCUT2D eigenvalue weighted by molar-refractivity contribution is 0.0746. The molecule has 1 amide bonds. The number of benzene rings is 1. The summed E-state index contributed by atoms with van der Waals surface area (Å²) in [5.74, 6) is 1.54. The molecule has 0 aliphatic carbocycles. The first-order valence-electron chi connectivity index (χ1n) is 9.20. The number of carbonyl (C=O) groups is 1. The minimum absolute atomic E-state index is 0.0360. The molecule has 0 N–H and O–H groups in total. The minimum atomic E-state index is 0.0360. The zero-order valence-electron chi connectivity index (χ0n) is 16.2. The Hall–Kier alpha value is -3.36. The third-order valence-corrected chi connectivity index (χ3v) is 5.07. The van der Waals surface area contributed by atoms with Crippen molar-refractivity contribution in [1.82, 2.24) is 35.1 Å². The summed E-state index contributed by atoms with van der Waals surface area (Å²) in [4.78, 5) is 27.0. The maximum absolute atomic E-state index is 12.8. The van der Waals surface area contributed by atoms with Gasteiger partial charge in [-0.2, -0.15) is 4.80 Å². The van der Waals surface area contributed by atoms with E-state index in [2.05, 4.69) is 30.3 Å². The fraction of sp³-hybridized carbons (Fsp3) is 0.368. The van der Waals surface area contributed by atoms with Crippen LogP contribution in [0.5, 0.6) is 0 Å². The molecule has 1 aliphatic rings. The van der Waals surface area contributed by atoms with Gasteiger partial charge in [-0.3, -0.25) is 4.79 Å². The predicted octanol–water partition coefficient (Wildman–Crippen LogP) is 1.25. The maximum Gasteiger partial charge on any atom is 0.253 e. The Kier molecular flexibility index (Phi) is 4.72. The summed E-state index contributed by atoms with van der Waals surface area (Å²) in [5.41, 5.74) is 3.58. The largest absolute Gasteiger partial charge is 0.353 e. The Morgan fingerprint density at radius 3 is 2.36 bits per heavy atom. The van der Waals surface area contributed by atoms with Crippen LogP contribution < -0.4 is 4.90 Å². The Morgan fingerprint density at radius 1 is 1.00 bits per heavy atom. The second kappa shape index (κ2) is 7.34. The average molecular weight is 378 g/mol. The van der Waals surface area contributed by atoms with E-state index >= 15 is 0 Å². The molecule has 1 saturated heterocycles. The number of piperazine rings is 1. The highest BCUT2D eigenvalue weighted by Gasteiger charge is 2.24. The van der Waals surface area contributed by atoms with Gasteiger partial charge in [-0.15, -0.1) is 10.2 Å². The summed E-state index contributed by atoms with van der Waals surface area (Å²) in [6, 6.07) is 7.34. The number of anilines is 1. The molecule has 9 nitrogen and oxygen atoms in total. The normalized spacial score (nSPS) is 14.4. The molecule has 0 unspecified atom stereocenters. The highest BCUT2D eigenvalue weighted by atomic mass is 16.2. The maximum atomic E-state index is 12.8. The molecular weight excluding hydrogens is 356 g/mol. The van der Waals surface area contributed by atoms with Crippen molar-refractivity contribution < 1.29 is 4.79 Å². The van der Waals surface area contributed by atoms with Crippen molar-refractivity contribution in [1.29, 1.82) is 0 Å². The van der Waals surface area contributed by atoms with E-state index < -0.39 is 0 Å². The molecule has 0 bridgehead atoms. The summed E-state index contributed by atoms with van der Waals surface area (Å²) in [7, 11) is 1.72. The summed E-state index contributed by atoms with van der Waals surface area (Å²) in [6.45, 7) is 6.86. The zero-order valence-corrected chi connectivity index (χ0v) is 16.2. The van der Waals surface area contributed by atoms with Crippen molar-refractivity contribution in [2.24, 2.45) is 7.05 Å². The molecule has 4 rings (SSSR count). The van der Waals surface area contributed by atoms with Crippen molar-refractivity contribution >= 4 is 11.7 Å². The van der Waals surface area contributed by atoms with Crippen molar-refractivity contribution in [3.05, 3.63) is 47.4 Å². The third kappa shape index (κ3) is 3.42. The van der Waals surface area contributed by atoms with E-state index in [1.54, 1.807) is 13.4 Å². The van der Waals surface area contributed by atoms with Crippen LogP contribution in [0.2, 0.25) is 0 Å². The van der Waals surface area contributed by atoms with E-state index in [1.165, 1.54) is 4.80 Å². The number of rotatable bonds is 3. The molecule has 3 aromatic rings. The molecule has 0 spiro atoms. The van der Waals surface area contributed by atoms with Crippen LogP contribution in [0, 0.1) is 13.8 Å². The summed E-state index contributed by atoms with van der Waals surface area (Å²) in [6.07, 6.45) is 1.60. The Balaban J connectivity index is 1.42. The molecule has 2 aromatic heterocycles. The van der Waals surface area contributed by atoms with Gasteiger partial charge in [0.15, 0.2) is 0 Å². The van der Waals surface area contributed by atoms with Crippen LogP contribution in [0.3, 0.4) is 0 Å². The van der Waals surface area contributed by atoms with E-state index in [9.17, 15) is 4.79 Å². The predicted molar refractivity (Wildman–Crippen MR) is 104 cm³/mol. The van der Waals surface area contributed by atoms with Gasteiger partial charge in [0.05, 0.1) is 7.05 Å². The van der Waals surface area contributed by atoms with E-state index in [1.807, 2.05) is 43.0 Å². The molecule has 0 radical (unpaired) electrons. The molecule has 9 heteroatoms. The Bertz CT molecular complexity index is 989. The van der Waals surface area contributed by atoms with Crippen LogP contribution in [0.1, 0.15) is 21.6 Å². The van der Waals surface area contributed by atoms with Gasteiger partial charge in [0.1, 0.15) is 12.1 Å². The van der Waals surface area contributed by atoms with Gasteiger partial charge >= 0.3 is 0 Å². The van der Waals surface area contributed by atoms with Gasteiger partial charge in [0, 0.05) is 48.6 Å². The molecule has 3 heterocycles. The fourth-order valence-electron chi connectivity index (χ4n) is 3.31. The highest BCUT2D eigenvalue weighted by molar-refractivity contribution is 5.94. The zero-order chi connectivity index (χ0) is 19.7. The van der Waals surface area contributed by atoms with Crippen molar-refractivity contribution in [2.45, 2.75) is 13.8 Å². The standard InChI is InChI=1S/C19H22N8O/c1-13-14(2)20-12-21-18(13)26-8-10-27(11-9-26)19(28)16-6-4-15(5-7-16)17-22-24-25(3)23-17/h4-7,12H,8-11H2,1-3H3. The van der Waals surface area contributed by atoms with Crippen LogP contribution >= 0.6 is 0 Å². The Morgan fingerprint density at radius 2 is 1.71 bits per heavy atom. The molecule has 0 atom stereocenters. The SMILES string of the molecule is Cc1ncnc(N2CCN(C(=O)c3ccc(-c4nnn(C)n4)cc3)CC2)c1C. The number of nitrogens with zero attached hydrogens (tertiary/aromatic N) is 8. The first-order chi connectivity index (χ1) is 13.5. The van der Waals surface area contributed by atoms with Gasteiger partial charge < -0.3 is 9.80 Å². The molecule has 1 fully saturated rings. The van der Waals surface area contributed by atoms with Crippen molar-refractivity contribution in [2.75, 3.05) is 31.1 Å². The summed E-state index contributed by atoms with van der Waals surface area (Å²) >= 11 is 0. The smallest absolute Gasteiger partial charge is 0.253 e. The number of amides is 1.